The van der Waals surface area contributed by atoms with Crippen LogP contribution in [0.4, 0.5) is 8.78 Å². The molecule has 1 fully saturated rings. The lowest BCUT2D eigenvalue weighted by Crippen LogP contribution is -2.41. The second-order valence-electron chi connectivity index (χ2n) is 6.79. The maximum absolute atomic E-state index is 12.7. The second kappa shape index (κ2) is 13.4. The van der Waals surface area contributed by atoms with Crippen LogP contribution in [0.2, 0.25) is 0 Å². The van der Waals surface area contributed by atoms with Gasteiger partial charge in [-0.2, -0.15) is 8.78 Å². The van der Waals surface area contributed by atoms with E-state index in [2.05, 4.69) is 20.4 Å². The molecule has 1 aromatic heterocycles. The van der Waals surface area contributed by atoms with Crippen LogP contribution in [0.1, 0.15) is 24.2 Å². The molecule has 7 nitrogen and oxygen atoms in total. The van der Waals surface area contributed by atoms with Crippen molar-refractivity contribution in [2.24, 2.45) is 4.99 Å². The molecule has 0 saturated carbocycles. The zero-order valence-corrected chi connectivity index (χ0v) is 19.6. The van der Waals surface area contributed by atoms with Gasteiger partial charge in [0.05, 0.1) is 26.0 Å². The Morgan fingerprint density at radius 1 is 1.29 bits per heavy atom. The van der Waals surface area contributed by atoms with E-state index in [0.717, 1.165) is 25.2 Å². The zero-order valence-electron chi connectivity index (χ0n) is 17.3. The van der Waals surface area contributed by atoms with Crippen LogP contribution in [0.25, 0.3) is 0 Å². The van der Waals surface area contributed by atoms with Gasteiger partial charge in [-0.1, -0.05) is 0 Å². The standard InChI is InChI=1S/C21H27F2N3O4.HI/c1-27-17-6-7-19(30-20(22)23)15(12-17)13-25-21(26-14-18-5-3-11-29-18)24-9-8-16-4-2-10-28-16;/h2,4,6-7,10,12,18,20H,3,5,8-9,11,13-14H2,1H3,(H2,24,25,26);1H. The lowest BCUT2D eigenvalue weighted by Gasteiger charge is -2.16. The van der Waals surface area contributed by atoms with Crippen molar-refractivity contribution in [3.63, 3.8) is 0 Å². The molecule has 1 saturated heterocycles. The molecule has 1 atom stereocenters. The Morgan fingerprint density at radius 3 is 2.84 bits per heavy atom. The average molecular weight is 551 g/mol. The van der Waals surface area contributed by atoms with Crippen molar-refractivity contribution < 1.29 is 27.4 Å². The number of hydrogen-bond donors (Lipinski definition) is 2. The Kier molecular flexibility index (Phi) is 10.9. The van der Waals surface area contributed by atoms with Gasteiger partial charge in [0.2, 0.25) is 0 Å². The van der Waals surface area contributed by atoms with Gasteiger partial charge in [0.1, 0.15) is 17.3 Å². The molecule has 3 rings (SSSR count). The summed E-state index contributed by atoms with van der Waals surface area (Å²) in [5, 5.41) is 6.51. The fourth-order valence-corrected chi connectivity index (χ4v) is 3.13. The monoisotopic (exact) mass is 551 g/mol. The van der Waals surface area contributed by atoms with Gasteiger partial charge in [0, 0.05) is 31.7 Å². The quantitative estimate of drug-likeness (QED) is 0.265. The van der Waals surface area contributed by atoms with Gasteiger partial charge in [-0.25, -0.2) is 4.99 Å². The lowest BCUT2D eigenvalue weighted by molar-refractivity contribution is -0.0504. The molecule has 31 heavy (non-hydrogen) atoms. The smallest absolute Gasteiger partial charge is 0.387 e. The number of guanidine groups is 1. The molecule has 0 bridgehead atoms. The first-order valence-electron chi connectivity index (χ1n) is 9.92. The molecule has 172 valence electrons. The van der Waals surface area contributed by atoms with E-state index >= 15 is 0 Å². The number of furan rings is 1. The predicted octanol–water partition coefficient (Wildman–Crippen LogP) is 3.96. The fourth-order valence-electron chi connectivity index (χ4n) is 3.13. The Balaban J connectivity index is 0.00000341. The van der Waals surface area contributed by atoms with Crippen LogP contribution >= 0.6 is 24.0 Å². The maximum atomic E-state index is 12.7. The minimum atomic E-state index is -2.91. The molecule has 10 heteroatoms. The summed E-state index contributed by atoms with van der Waals surface area (Å²) in [7, 11) is 1.51. The number of halogens is 3. The van der Waals surface area contributed by atoms with E-state index in [4.69, 9.17) is 13.9 Å². The summed E-state index contributed by atoms with van der Waals surface area (Å²) in [5.74, 6) is 2.04. The van der Waals surface area contributed by atoms with Crippen LogP contribution in [-0.4, -0.2) is 45.5 Å². The number of alkyl halides is 2. The van der Waals surface area contributed by atoms with Crippen molar-refractivity contribution in [2.45, 2.75) is 38.5 Å². The van der Waals surface area contributed by atoms with Crippen molar-refractivity contribution >= 4 is 29.9 Å². The van der Waals surface area contributed by atoms with Crippen LogP contribution in [0, 0.1) is 0 Å². The lowest BCUT2D eigenvalue weighted by atomic mass is 10.2. The molecule has 2 aromatic rings. The largest absolute Gasteiger partial charge is 0.497 e. The van der Waals surface area contributed by atoms with Gasteiger partial charge in [0.15, 0.2) is 5.96 Å². The Bertz CT molecular complexity index is 800. The summed E-state index contributed by atoms with van der Waals surface area (Å²) in [5.41, 5.74) is 0.499. The highest BCUT2D eigenvalue weighted by Crippen LogP contribution is 2.26. The molecule has 1 aliphatic heterocycles. The van der Waals surface area contributed by atoms with E-state index in [1.165, 1.54) is 13.2 Å². The van der Waals surface area contributed by atoms with E-state index in [1.807, 2.05) is 12.1 Å². The first-order valence-corrected chi connectivity index (χ1v) is 9.92. The van der Waals surface area contributed by atoms with E-state index in [-0.39, 0.29) is 42.4 Å². The van der Waals surface area contributed by atoms with Gasteiger partial charge in [-0.3, -0.25) is 0 Å². The molecule has 1 aromatic carbocycles. The van der Waals surface area contributed by atoms with Gasteiger partial charge in [-0.05, 0) is 43.2 Å². The molecule has 2 N–H and O–H groups in total. The van der Waals surface area contributed by atoms with Crippen LogP contribution < -0.4 is 20.1 Å². The number of nitrogens with one attached hydrogen (secondary N) is 2. The maximum Gasteiger partial charge on any atom is 0.387 e. The summed E-state index contributed by atoms with van der Waals surface area (Å²) in [6, 6.07) is 8.42. The first kappa shape index (κ1) is 25.2. The molecular weight excluding hydrogens is 523 g/mol. The Hall–Kier alpha value is -2.08. The number of methoxy groups -OCH3 is 1. The Morgan fingerprint density at radius 2 is 2.16 bits per heavy atom. The highest BCUT2D eigenvalue weighted by atomic mass is 127. The van der Waals surface area contributed by atoms with Crippen molar-refractivity contribution in [3.8, 4) is 11.5 Å². The van der Waals surface area contributed by atoms with Crippen molar-refractivity contribution in [1.82, 2.24) is 10.6 Å². The highest BCUT2D eigenvalue weighted by molar-refractivity contribution is 14.0. The normalized spacial score (nSPS) is 16.1. The third-order valence-electron chi connectivity index (χ3n) is 4.66. The number of aliphatic imine (C=N–C) groups is 1. The van der Waals surface area contributed by atoms with E-state index in [0.29, 0.717) is 36.8 Å². The molecule has 2 heterocycles. The highest BCUT2D eigenvalue weighted by Gasteiger charge is 2.16. The van der Waals surface area contributed by atoms with Crippen molar-refractivity contribution in [3.05, 3.63) is 47.9 Å². The molecular formula is C21H28F2IN3O4. The fraction of sp³-hybridized carbons (Fsp3) is 0.476. The number of hydrogen-bond acceptors (Lipinski definition) is 5. The van der Waals surface area contributed by atoms with Crippen LogP contribution in [0.5, 0.6) is 11.5 Å². The molecule has 1 aliphatic rings. The predicted molar refractivity (Wildman–Crippen MR) is 124 cm³/mol. The summed E-state index contributed by atoms with van der Waals surface area (Å²) < 4.78 is 46.3. The third-order valence-corrected chi connectivity index (χ3v) is 4.66. The van der Waals surface area contributed by atoms with Crippen molar-refractivity contribution in [1.29, 1.82) is 0 Å². The molecule has 1 unspecified atom stereocenters. The van der Waals surface area contributed by atoms with Gasteiger partial charge >= 0.3 is 6.61 Å². The zero-order chi connectivity index (χ0) is 21.2. The summed E-state index contributed by atoms with van der Waals surface area (Å²) in [6.45, 7) is -0.789. The van der Waals surface area contributed by atoms with Crippen molar-refractivity contribution in [2.75, 3.05) is 26.8 Å². The number of rotatable bonds is 10. The van der Waals surface area contributed by atoms with E-state index in [9.17, 15) is 8.78 Å². The van der Waals surface area contributed by atoms with Gasteiger partial charge in [0.25, 0.3) is 0 Å². The Labute approximate surface area is 197 Å². The molecule has 0 radical (unpaired) electrons. The molecule has 0 aliphatic carbocycles. The van der Waals surface area contributed by atoms with E-state index < -0.39 is 6.61 Å². The number of ether oxygens (including phenoxy) is 3. The number of nitrogens with zero attached hydrogens (tertiary/aromatic N) is 1. The van der Waals surface area contributed by atoms with Gasteiger partial charge < -0.3 is 29.3 Å². The minimum Gasteiger partial charge on any atom is -0.497 e. The molecule has 0 amide bonds. The van der Waals surface area contributed by atoms with Crippen LogP contribution in [-0.2, 0) is 17.7 Å². The second-order valence-corrected chi connectivity index (χ2v) is 6.79. The topological polar surface area (TPSA) is 77.2 Å². The number of benzene rings is 1. The summed E-state index contributed by atoms with van der Waals surface area (Å²) in [6.07, 6.45) is 4.49. The summed E-state index contributed by atoms with van der Waals surface area (Å²) >= 11 is 0. The van der Waals surface area contributed by atoms with E-state index in [1.54, 1.807) is 18.4 Å². The average Bonchev–Trinajstić information content (AvgIpc) is 3.44. The SMILES string of the molecule is COc1ccc(OC(F)F)c(CN=C(NCCc2ccco2)NCC2CCCO2)c1.I. The minimum absolute atomic E-state index is 0. The van der Waals surface area contributed by atoms with Crippen LogP contribution in [0.3, 0.4) is 0 Å². The molecule has 0 spiro atoms. The van der Waals surface area contributed by atoms with Gasteiger partial charge in [-0.15, -0.1) is 24.0 Å². The van der Waals surface area contributed by atoms with Crippen LogP contribution in [0.15, 0.2) is 46.0 Å². The first-order chi connectivity index (χ1) is 14.6. The third kappa shape index (κ3) is 8.52. The summed E-state index contributed by atoms with van der Waals surface area (Å²) in [4.78, 5) is 4.54.